The van der Waals surface area contributed by atoms with Gasteiger partial charge in [0, 0.05) is 19.6 Å². The molecule has 1 saturated heterocycles. The fraction of sp³-hybridized carbons (Fsp3) is 1.00. The molecule has 1 fully saturated rings. The van der Waals surface area contributed by atoms with Crippen LogP contribution in [0.3, 0.4) is 0 Å². The van der Waals surface area contributed by atoms with Crippen LogP contribution in [0.1, 0.15) is 6.92 Å². The van der Waals surface area contributed by atoms with E-state index in [0.717, 1.165) is 6.54 Å². The molecule has 0 saturated carbocycles. The highest BCUT2D eigenvalue weighted by atomic mass is 19.4. The Morgan fingerprint density at radius 1 is 1.31 bits per heavy atom. The minimum absolute atomic E-state index is 0.0946. The van der Waals surface area contributed by atoms with Gasteiger partial charge >= 0.3 is 6.18 Å². The summed E-state index contributed by atoms with van der Waals surface area (Å²) in [6.45, 7) is 3.57. The van der Waals surface area contributed by atoms with Gasteiger partial charge in [-0.2, -0.15) is 13.2 Å². The van der Waals surface area contributed by atoms with Crippen molar-refractivity contribution in [2.24, 2.45) is 0 Å². The van der Waals surface area contributed by atoms with E-state index >= 15 is 0 Å². The smallest absolute Gasteiger partial charge is 0.303 e. The largest absolute Gasteiger partial charge is 0.405 e. The molecule has 1 rings (SSSR count). The molecule has 0 aromatic heterocycles. The van der Waals surface area contributed by atoms with Crippen molar-refractivity contribution in [2.75, 3.05) is 33.2 Å². The van der Waals surface area contributed by atoms with Crippen molar-refractivity contribution in [2.45, 2.75) is 19.1 Å². The first-order valence-electron chi connectivity index (χ1n) is 4.44. The number of hydrogen-bond donors (Lipinski definition) is 0. The first kappa shape index (κ1) is 10.8. The van der Waals surface area contributed by atoms with E-state index in [1.165, 1.54) is 4.90 Å². The van der Waals surface area contributed by atoms with Crippen LogP contribution in [0.4, 0.5) is 13.2 Å². The van der Waals surface area contributed by atoms with Crippen molar-refractivity contribution in [1.29, 1.82) is 0 Å². The molecule has 1 aliphatic rings. The van der Waals surface area contributed by atoms with Crippen LogP contribution in [-0.4, -0.2) is 55.2 Å². The standard InChI is InChI=1S/C8H15F3N2/c1-3-13-5-4-12(2)6-7(13)8(9,10)11/h7H,3-6H2,1-2H3. The molecule has 2 nitrogen and oxygen atoms in total. The van der Waals surface area contributed by atoms with Gasteiger partial charge in [-0.15, -0.1) is 0 Å². The van der Waals surface area contributed by atoms with E-state index in [-0.39, 0.29) is 6.54 Å². The van der Waals surface area contributed by atoms with E-state index in [4.69, 9.17) is 0 Å². The normalized spacial score (nSPS) is 27.9. The maximum atomic E-state index is 12.5. The number of rotatable bonds is 1. The van der Waals surface area contributed by atoms with E-state index in [0.29, 0.717) is 13.1 Å². The molecule has 0 spiro atoms. The highest BCUT2D eigenvalue weighted by Gasteiger charge is 2.45. The Kier molecular flexibility index (Phi) is 3.18. The second kappa shape index (κ2) is 3.84. The molecule has 0 aromatic rings. The zero-order valence-corrected chi connectivity index (χ0v) is 7.93. The van der Waals surface area contributed by atoms with Crippen LogP contribution in [0.5, 0.6) is 0 Å². The molecular weight excluding hydrogens is 181 g/mol. The molecule has 1 aliphatic heterocycles. The minimum Gasteiger partial charge on any atom is -0.303 e. The quantitative estimate of drug-likeness (QED) is 0.621. The predicted octanol–water partition coefficient (Wildman–Crippen LogP) is 1.18. The van der Waals surface area contributed by atoms with Crippen LogP contribution in [0.25, 0.3) is 0 Å². The number of piperazine rings is 1. The third kappa shape index (κ3) is 2.57. The number of likely N-dealkylation sites (N-methyl/N-ethyl adjacent to an activating group) is 2. The second-order valence-corrected chi connectivity index (χ2v) is 3.45. The lowest BCUT2D eigenvalue weighted by atomic mass is 10.1. The molecular formula is C8H15F3N2. The molecule has 1 heterocycles. The van der Waals surface area contributed by atoms with Crippen LogP contribution < -0.4 is 0 Å². The molecule has 0 bridgehead atoms. The summed E-state index contributed by atoms with van der Waals surface area (Å²) in [5.41, 5.74) is 0. The third-order valence-corrected chi connectivity index (χ3v) is 2.48. The summed E-state index contributed by atoms with van der Waals surface area (Å²) in [5, 5.41) is 0. The molecule has 13 heavy (non-hydrogen) atoms. The van der Waals surface area contributed by atoms with Crippen LogP contribution in [0.15, 0.2) is 0 Å². The Morgan fingerprint density at radius 2 is 1.92 bits per heavy atom. The van der Waals surface area contributed by atoms with Gasteiger partial charge in [0.25, 0.3) is 0 Å². The zero-order valence-electron chi connectivity index (χ0n) is 7.93. The molecule has 0 radical (unpaired) electrons. The lowest BCUT2D eigenvalue weighted by Crippen LogP contribution is -2.57. The van der Waals surface area contributed by atoms with E-state index < -0.39 is 12.2 Å². The van der Waals surface area contributed by atoms with Crippen molar-refractivity contribution in [3.63, 3.8) is 0 Å². The van der Waals surface area contributed by atoms with Crippen LogP contribution >= 0.6 is 0 Å². The molecule has 0 aliphatic carbocycles. The first-order chi connectivity index (χ1) is 5.95. The van der Waals surface area contributed by atoms with Crippen molar-refractivity contribution in [3.8, 4) is 0 Å². The highest BCUT2D eigenvalue weighted by molar-refractivity contribution is 4.85. The van der Waals surface area contributed by atoms with Gasteiger partial charge in [0.1, 0.15) is 6.04 Å². The number of alkyl halides is 3. The Hall–Kier alpha value is -0.290. The summed E-state index contributed by atoms with van der Waals surface area (Å²) in [5.74, 6) is 0. The molecule has 78 valence electrons. The molecule has 1 unspecified atom stereocenters. The van der Waals surface area contributed by atoms with Crippen LogP contribution in [-0.2, 0) is 0 Å². The number of hydrogen-bond acceptors (Lipinski definition) is 2. The van der Waals surface area contributed by atoms with Crippen molar-refractivity contribution in [3.05, 3.63) is 0 Å². The van der Waals surface area contributed by atoms with E-state index in [1.807, 2.05) is 0 Å². The van der Waals surface area contributed by atoms with Gasteiger partial charge < -0.3 is 4.90 Å². The van der Waals surface area contributed by atoms with Gasteiger partial charge in [-0.1, -0.05) is 6.92 Å². The molecule has 5 heteroatoms. The Morgan fingerprint density at radius 3 is 2.38 bits per heavy atom. The number of halogens is 3. The monoisotopic (exact) mass is 196 g/mol. The first-order valence-corrected chi connectivity index (χ1v) is 4.44. The SMILES string of the molecule is CCN1CCN(C)CC1C(F)(F)F. The zero-order chi connectivity index (χ0) is 10.1. The summed E-state index contributed by atoms with van der Waals surface area (Å²) in [7, 11) is 1.73. The Bertz CT molecular complexity index is 169. The van der Waals surface area contributed by atoms with Gasteiger partial charge in [0.05, 0.1) is 0 Å². The van der Waals surface area contributed by atoms with E-state index in [9.17, 15) is 13.2 Å². The molecule has 0 aromatic carbocycles. The average molecular weight is 196 g/mol. The van der Waals surface area contributed by atoms with E-state index in [2.05, 4.69) is 0 Å². The van der Waals surface area contributed by atoms with Crippen LogP contribution in [0.2, 0.25) is 0 Å². The number of nitrogens with zero attached hydrogens (tertiary/aromatic N) is 2. The average Bonchev–Trinajstić information content (AvgIpc) is 2.03. The topological polar surface area (TPSA) is 6.48 Å². The van der Waals surface area contributed by atoms with Gasteiger partial charge in [-0.3, -0.25) is 4.90 Å². The van der Waals surface area contributed by atoms with Gasteiger partial charge in [0.2, 0.25) is 0 Å². The maximum Gasteiger partial charge on any atom is 0.405 e. The fourth-order valence-corrected chi connectivity index (χ4v) is 1.65. The van der Waals surface area contributed by atoms with Crippen molar-refractivity contribution in [1.82, 2.24) is 9.80 Å². The van der Waals surface area contributed by atoms with Crippen molar-refractivity contribution < 1.29 is 13.2 Å². The highest BCUT2D eigenvalue weighted by Crippen LogP contribution is 2.27. The lowest BCUT2D eigenvalue weighted by Gasteiger charge is -2.40. The van der Waals surface area contributed by atoms with E-state index in [1.54, 1.807) is 18.9 Å². The summed E-state index contributed by atoms with van der Waals surface area (Å²) >= 11 is 0. The summed E-state index contributed by atoms with van der Waals surface area (Å²) in [6.07, 6.45) is -4.09. The minimum atomic E-state index is -4.09. The maximum absolute atomic E-state index is 12.5. The summed E-state index contributed by atoms with van der Waals surface area (Å²) < 4.78 is 37.5. The lowest BCUT2D eigenvalue weighted by molar-refractivity contribution is -0.195. The second-order valence-electron chi connectivity index (χ2n) is 3.45. The Balaban J connectivity index is 2.65. The third-order valence-electron chi connectivity index (χ3n) is 2.48. The summed E-state index contributed by atoms with van der Waals surface area (Å²) in [4.78, 5) is 3.21. The molecule has 0 amide bonds. The fourth-order valence-electron chi connectivity index (χ4n) is 1.65. The summed E-state index contributed by atoms with van der Waals surface area (Å²) in [6, 6.07) is -1.28. The molecule has 1 atom stereocenters. The predicted molar refractivity (Wildman–Crippen MR) is 44.6 cm³/mol. The van der Waals surface area contributed by atoms with Crippen LogP contribution in [0, 0.1) is 0 Å². The van der Waals surface area contributed by atoms with Crippen molar-refractivity contribution >= 4 is 0 Å². The Labute approximate surface area is 76.3 Å². The van der Waals surface area contributed by atoms with Gasteiger partial charge in [-0.25, -0.2) is 0 Å². The molecule has 0 N–H and O–H groups in total. The van der Waals surface area contributed by atoms with Gasteiger partial charge in [-0.05, 0) is 13.6 Å². The van der Waals surface area contributed by atoms with Gasteiger partial charge in [0.15, 0.2) is 0 Å².